The molecule has 25 heavy (non-hydrogen) atoms. The van der Waals surface area contributed by atoms with Crippen molar-refractivity contribution >= 4 is 35.9 Å². The van der Waals surface area contributed by atoms with Gasteiger partial charge in [-0.15, -0.1) is 24.0 Å². The summed E-state index contributed by atoms with van der Waals surface area (Å²) < 4.78 is 10.2. The molecule has 148 valence electrons. The fourth-order valence-electron chi connectivity index (χ4n) is 2.72. The fraction of sp³-hybridized carbons (Fsp3) is 0.882. The van der Waals surface area contributed by atoms with E-state index in [0.29, 0.717) is 18.5 Å². The molecule has 0 aliphatic carbocycles. The average molecular weight is 470 g/mol. The molecule has 0 radical (unpaired) electrons. The molecule has 0 aromatic carbocycles. The van der Waals surface area contributed by atoms with Crippen molar-refractivity contribution in [2.24, 2.45) is 16.8 Å². The Bertz CT molecular complexity index is 401. The number of ether oxygens (including phenoxy) is 2. The van der Waals surface area contributed by atoms with Crippen molar-refractivity contribution in [2.75, 3.05) is 53.0 Å². The van der Waals surface area contributed by atoms with Gasteiger partial charge >= 0.3 is 5.97 Å². The zero-order chi connectivity index (χ0) is 17.9. The molecule has 1 fully saturated rings. The van der Waals surface area contributed by atoms with Crippen LogP contribution in [0.3, 0.4) is 0 Å². The summed E-state index contributed by atoms with van der Waals surface area (Å²) in [5, 5.41) is 6.46. The lowest BCUT2D eigenvalue weighted by Crippen LogP contribution is -2.48. The monoisotopic (exact) mass is 470 g/mol. The number of guanidine groups is 1. The molecule has 0 spiro atoms. The summed E-state index contributed by atoms with van der Waals surface area (Å²) in [5.41, 5.74) is 0. The molecule has 7 nitrogen and oxygen atoms in total. The summed E-state index contributed by atoms with van der Waals surface area (Å²) in [5.74, 6) is 0.835. The number of methoxy groups -OCH3 is 1. The van der Waals surface area contributed by atoms with Gasteiger partial charge in [0.25, 0.3) is 0 Å². The molecule has 0 aromatic rings. The molecule has 8 heteroatoms. The molecule has 2 unspecified atom stereocenters. The van der Waals surface area contributed by atoms with Crippen LogP contribution in [-0.4, -0.2) is 75.9 Å². The third-order valence-corrected chi connectivity index (χ3v) is 4.24. The highest BCUT2D eigenvalue weighted by molar-refractivity contribution is 14.0. The van der Waals surface area contributed by atoms with Gasteiger partial charge in [-0.05, 0) is 12.8 Å². The first-order valence-corrected chi connectivity index (χ1v) is 8.91. The van der Waals surface area contributed by atoms with Crippen LogP contribution >= 0.6 is 24.0 Å². The van der Waals surface area contributed by atoms with E-state index in [2.05, 4.69) is 29.4 Å². The molecule has 0 amide bonds. The van der Waals surface area contributed by atoms with Crippen LogP contribution in [0, 0.1) is 11.8 Å². The van der Waals surface area contributed by atoms with E-state index in [0.717, 1.165) is 45.4 Å². The molecule has 0 bridgehead atoms. The van der Waals surface area contributed by atoms with Gasteiger partial charge in [0.2, 0.25) is 0 Å². The maximum Gasteiger partial charge on any atom is 0.310 e. The lowest BCUT2D eigenvalue weighted by atomic mass is 10.0. The lowest BCUT2D eigenvalue weighted by molar-refractivity contribution is -0.144. The van der Waals surface area contributed by atoms with Crippen molar-refractivity contribution in [1.82, 2.24) is 15.5 Å². The fourth-order valence-corrected chi connectivity index (χ4v) is 2.72. The first-order valence-electron chi connectivity index (χ1n) is 8.91. The largest absolute Gasteiger partial charge is 0.469 e. The third kappa shape index (κ3) is 9.05. The van der Waals surface area contributed by atoms with Gasteiger partial charge in [0.15, 0.2) is 5.96 Å². The van der Waals surface area contributed by atoms with Crippen LogP contribution in [0.15, 0.2) is 4.99 Å². The van der Waals surface area contributed by atoms with Gasteiger partial charge < -0.3 is 20.1 Å². The zero-order valence-electron chi connectivity index (χ0n) is 16.2. The molecular formula is C17H35IN4O3. The van der Waals surface area contributed by atoms with Gasteiger partial charge in [-0.25, -0.2) is 0 Å². The third-order valence-electron chi connectivity index (χ3n) is 4.24. The van der Waals surface area contributed by atoms with E-state index in [9.17, 15) is 4.79 Å². The number of nitrogens with zero attached hydrogens (tertiary/aromatic N) is 2. The molecule has 0 aromatic heterocycles. The summed E-state index contributed by atoms with van der Waals surface area (Å²) in [6.45, 7) is 13.8. The van der Waals surface area contributed by atoms with E-state index in [-0.39, 0.29) is 35.9 Å². The number of nitrogens with one attached hydrogen (secondary N) is 2. The number of rotatable bonds is 8. The Morgan fingerprint density at radius 3 is 2.40 bits per heavy atom. The van der Waals surface area contributed by atoms with E-state index < -0.39 is 0 Å². The zero-order valence-corrected chi connectivity index (χ0v) is 18.5. The molecular weight excluding hydrogens is 435 g/mol. The van der Waals surface area contributed by atoms with Crippen LogP contribution in [0.25, 0.3) is 0 Å². The van der Waals surface area contributed by atoms with Gasteiger partial charge in [-0.1, -0.05) is 20.8 Å². The highest BCUT2D eigenvalue weighted by Crippen LogP contribution is 2.13. The first-order chi connectivity index (χ1) is 11.5. The van der Waals surface area contributed by atoms with E-state index >= 15 is 0 Å². The Balaban J connectivity index is 0.00000576. The normalized spacial score (nSPS) is 18.2. The molecule has 0 saturated carbocycles. The Hall–Kier alpha value is -0.610. The number of halogens is 1. The highest BCUT2D eigenvalue weighted by atomic mass is 127. The standard InChI is InChI=1S/C17H34N4O3.HI/c1-6-18-17(19-11-14(4)16(22)23-5)20-12-15(13(2)3)21-7-9-24-10-8-21;/h13-15H,6-12H2,1-5H3,(H2,18,19,20);1H. The van der Waals surface area contributed by atoms with Gasteiger partial charge in [-0.2, -0.15) is 0 Å². The van der Waals surface area contributed by atoms with Crippen molar-refractivity contribution in [3.63, 3.8) is 0 Å². The second kappa shape index (κ2) is 13.6. The summed E-state index contributed by atoms with van der Waals surface area (Å²) >= 11 is 0. The van der Waals surface area contributed by atoms with Crippen LogP contribution in [0.5, 0.6) is 0 Å². The molecule has 1 heterocycles. The van der Waals surface area contributed by atoms with Crippen molar-refractivity contribution < 1.29 is 14.3 Å². The van der Waals surface area contributed by atoms with Crippen molar-refractivity contribution in [1.29, 1.82) is 0 Å². The second-order valence-corrected chi connectivity index (χ2v) is 6.48. The Morgan fingerprint density at radius 2 is 1.88 bits per heavy atom. The summed E-state index contributed by atoms with van der Waals surface area (Å²) in [7, 11) is 1.41. The quantitative estimate of drug-likeness (QED) is 0.241. The van der Waals surface area contributed by atoms with Crippen molar-refractivity contribution in [3.05, 3.63) is 0 Å². The smallest absolute Gasteiger partial charge is 0.310 e. The van der Waals surface area contributed by atoms with Gasteiger partial charge in [0.05, 0.1) is 32.8 Å². The number of carbonyl (C=O) groups is 1. The predicted octanol–water partition coefficient (Wildman–Crippen LogP) is 1.33. The minimum absolute atomic E-state index is 0. The molecule has 2 atom stereocenters. The molecule has 2 N–H and O–H groups in total. The number of morpholine rings is 1. The molecule has 1 aliphatic heterocycles. The number of aliphatic imine (C=N–C) groups is 1. The molecule has 1 rings (SSSR count). The highest BCUT2D eigenvalue weighted by Gasteiger charge is 2.23. The summed E-state index contributed by atoms with van der Waals surface area (Å²) in [6.07, 6.45) is 0. The number of hydrogen-bond donors (Lipinski definition) is 2. The van der Waals surface area contributed by atoms with Gasteiger partial charge in [0.1, 0.15) is 0 Å². The Kier molecular flexibility index (Phi) is 13.2. The topological polar surface area (TPSA) is 75.2 Å². The van der Waals surface area contributed by atoms with Crippen LogP contribution in [0.1, 0.15) is 27.7 Å². The molecule has 1 aliphatic rings. The van der Waals surface area contributed by atoms with Crippen molar-refractivity contribution in [3.8, 4) is 0 Å². The SMILES string of the molecule is CCNC(=NCC(C(C)C)N1CCOCC1)NCC(C)C(=O)OC.I. The number of carbonyl (C=O) groups excluding carboxylic acids is 1. The second-order valence-electron chi connectivity index (χ2n) is 6.48. The Morgan fingerprint density at radius 1 is 1.24 bits per heavy atom. The molecule has 1 saturated heterocycles. The minimum Gasteiger partial charge on any atom is -0.469 e. The lowest BCUT2D eigenvalue weighted by Gasteiger charge is -2.36. The van der Waals surface area contributed by atoms with E-state index in [1.807, 2.05) is 13.8 Å². The van der Waals surface area contributed by atoms with E-state index in [1.54, 1.807) is 0 Å². The number of esters is 1. The van der Waals surface area contributed by atoms with Gasteiger partial charge in [-0.3, -0.25) is 14.7 Å². The van der Waals surface area contributed by atoms with Crippen LogP contribution in [0.4, 0.5) is 0 Å². The van der Waals surface area contributed by atoms with E-state index in [4.69, 9.17) is 14.5 Å². The van der Waals surface area contributed by atoms with Crippen LogP contribution < -0.4 is 10.6 Å². The maximum absolute atomic E-state index is 11.5. The average Bonchev–Trinajstić information content (AvgIpc) is 2.59. The maximum atomic E-state index is 11.5. The van der Waals surface area contributed by atoms with E-state index in [1.165, 1.54) is 7.11 Å². The minimum atomic E-state index is -0.216. The summed E-state index contributed by atoms with van der Waals surface area (Å²) in [4.78, 5) is 18.7. The number of hydrogen-bond acceptors (Lipinski definition) is 5. The van der Waals surface area contributed by atoms with Crippen LogP contribution in [-0.2, 0) is 14.3 Å². The summed E-state index contributed by atoms with van der Waals surface area (Å²) in [6, 6.07) is 0.391. The first kappa shape index (κ1) is 24.4. The van der Waals surface area contributed by atoms with Gasteiger partial charge in [0, 0.05) is 32.2 Å². The Labute approximate surface area is 169 Å². The predicted molar refractivity (Wildman–Crippen MR) is 112 cm³/mol. The van der Waals surface area contributed by atoms with Crippen molar-refractivity contribution in [2.45, 2.75) is 33.7 Å². The van der Waals surface area contributed by atoms with Crippen LogP contribution in [0.2, 0.25) is 0 Å².